The number of alkyl halides is 3. The van der Waals surface area contributed by atoms with E-state index in [9.17, 15) is 27.2 Å². The summed E-state index contributed by atoms with van der Waals surface area (Å²) >= 11 is 2.20. The Labute approximate surface area is 210 Å². The number of rotatable bonds is 8. The fraction of sp³-hybridized carbons (Fsp3) is 0.130. The van der Waals surface area contributed by atoms with E-state index < -0.39 is 23.5 Å². The molecule has 0 atom stereocenters. The van der Waals surface area contributed by atoms with Gasteiger partial charge in [0.05, 0.1) is 28.4 Å². The molecule has 4 aromatic rings. The average Bonchev–Trinajstić information content (AvgIpc) is 3.52. The Bertz CT molecular complexity index is 1360. The first-order valence-corrected chi connectivity index (χ1v) is 12.2. The van der Waals surface area contributed by atoms with Crippen molar-refractivity contribution in [3.05, 3.63) is 88.1 Å². The molecule has 0 saturated heterocycles. The van der Waals surface area contributed by atoms with Crippen molar-refractivity contribution in [3.63, 3.8) is 0 Å². The normalized spacial score (nSPS) is 11.3. The van der Waals surface area contributed by atoms with Crippen molar-refractivity contribution in [1.82, 2.24) is 20.1 Å². The Morgan fingerprint density at radius 3 is 2.44 bits per heavy atom. The maximum absolute atomic E-state index is 13.5. The van der Waals surface area contributed by atoms with E-state index in [1.54, 1.807) is 17.5 Å². The minimum Gasteiger partial charge on any atom is -0.344 e. The van der Waals surface area contributed by atoms with Crippen molar-refractivity contribution in [3.8, 4) is 5.69 Å². The van der Waals surface area contributed by atoms with E-state index in [0.29, 0.717) is 16.4 Å². The highest BCUT2D eigenvalue weighted by atomic mass is 32.2. The molecule has 4 rings (SSSR count). The standard InChI is InChI=1S/C23H17F4N5O2S2/c24-14-7-9-15(10-8-14)32-19(12-28-21(34)18-6-3-11-35-18)30-31-22(32)36-13-20(33)29-17-5-2-1-4-16(17)23(25,26)27/h1-11H,12-13H2,(H,28,34)(H,29,33). The summed E-state index contributed by atoms with van der Waals surface area (Å²) in [5.41, 5.74) is -0.832. The lowest BCUT2D eigenvalue weighted by atomic mass is 10.1. The first-order valence-electron chi connectivity index (χ1n) is 10.3. The summed E-state index contributed by atoms with van der Waals surface area (Å²) in [5, 5.41) is 15.2. The topological polar surface area (TPSA) is 88.9 Å². The number of thioether (sulfide) groups is 1. The molecule has 0 unspecified atom stereocenters. The summed E-state index contributed by atoms with van der Waals surface area (Å²) in [6, 6.07) is 13.5. The van der Waals surface area contributed by atoms with E-state index in [2.05, 4.69) is 20.8 Å². The molecule has 0 bridgehead atoms. The smallest absolute Gasteiger partial charge is 0.344 e. The Morgan fingerprint density at radius 1 is 1.00 bits per heavy atom. The number of anilines is 1. The van der Waals surface area contributed by atoms with Crippen molar-refractivity contribution < 1.29 is 27.2 Å². The Kier molecular flexibility index (Phi) is 7.70. The van der Waals surface area contributed by atoms with Gasteiger partial charge in [0.25, 0.3) is 5.91 Å². The molecule has 36 heavy (non-hydrogen) atoms. The summed E-state index contributed by atoms with van der Waals surface area (Å²) in [5.74, 6) is -1.41. The third kappa shape index (κ3) is 6.10. The minimum absolute atomic E-state index is 0.00712. The van der Waals surface area contributed by atoms with Gasteiger partial charge in [0.1, 0.15) is 5.82 Å². The number of aromatic nitrogens is 3. The lowest BCUT2D eigenvalue weighted by Crippen LogP contribution is -2.24. The molecular formula is C23H17F4N5O2S2. The van der Waals surface area contributed by atoms with Gasteiger partial charge in [-0.25, -0.2) is 4.39 Å². The number of para-hydroxylation sites is 1. The lowest BCUT2D eigenvalue weighted by Gasteiger charge is -2.13. The Hall–Kier alpha value is -3.71. The van der Waals surface area contributed by atoms with Crippen LogP contribution in [0.5, 0.6) is 0 Å². The maximum atomic E-state index is 13.5. The fourth-order valence-corrected chi connectivity index (χ4v) is 4.58. The molecule has 7 nitrogen and oxygen atoms in total. The number of thiophene rings is 1. The molecule has 0 fully saturated rings. The molecule has 2 aromatic heterocycles. The van der Waals surface area contributed by atoms with E-state index in [0.717, 1.165) is 17.8 Å². The molecule has 0 radical (unpaired) electrons. The number of nitrogens with one attached hydrogen (secondary N) is 2. The second-order valence-electron chi connectivity index (χ2n) is 7.25. The van der Waals surface area contributed by atoms with Crippen LogP contribution in [0.1, 0.15) is 21.1 Å². The predicted octanol–water partition coefficient (Wildman–Crippen LogP) is 5.15. The number of carbonyl (C=O) groups excluding carboxylic acids is 2. The van der Waals surface area contributed by atoms with Crippen LogP contribution in [0.15, 0.2) is 71.2 Å². The summed E-state index contributed by atoms with van der Waals surface area (Å²) in [6.45, 7) is -0.00712. The molecular weight excluding hydrogens is 518 g/mol. The first kappa shape index (κ1) is 25.4. The minimum atomic E-state index is -4.62. The number of carbonyl (C=O) groups is 2. The van der Waals surface area contributed by atoms with Gasteiger partial charge in [0.15, 0.2) is 11.0 Å². The van der Waals surface area contributed by atoms with Crippen LogP contribution in [0.25, 0.3) is 5.69 Å². The molecule has 2 heterocycles. The van der Waals surface area contributed by atoms with Crippen LogP contribution in [-0.4, -0.2) is 32.3 Å². The number of benzene rings is 2. The Balaban J connectivity index is 1.51. The van der Waals surface area contributed by atoms with Crippen molar-refractivity contribution in [2.45, 2.75) is 17.9 Å². The Morgan fingerprint density at radius 2 is 1.75 bits per heavy atom. The average molecular weight is 536 g/mol. The van der Waals surface area contributed by atoms with Crippen molar-refractivity contribution in [2.24, 2.45) is 0 Å². The monoisotopic (exact) mass is 535 g/mol. The van der Waals surface area contributed by atoms with Crippen LogP contribution in [0, 0.1) is 5.82 Å². The predicted molar refractivity (Wildman–Crippen MR) is 128 cm³/mol. The zero-order valence-corrected chi connectivity index (χ0v) is 19.9. The zero-order chi connectivity index (χ0) is 25.7. The highest BCUT2D eigenvalue weighted by Crippen LogP contribution is 2.34. The fourth-order valence-electron chi connectivity index (χ4n) is 3.17. The highest BCUT2D eigenvalue weighted by Gasteiger charge is 2.33. The summed E-state index contributed by atoms with van der Waals surface area (Å²) in [7, 11) is 0. The quantitative estimate of drug-likeness (QED) is 0.241. The van der Waals surface area contributed by atoms with Crippen LogP contribution >= 0.6 is 23.1 Å². The van der Waals surface area contributed by atoms with E-state index in [1.165, 1.54) is 58.4 Å². The van der Waals surface area contributed by atoms with Crippen LogP contribution in [-0.2, 0) is 17.5 Å². The first-order chi connectivity index (χ1) is 17.2. The molecule has 0 aliphatic heterocycles. The van der Waals surface area contributed by atoms with E-state index in [1.807, 2.05) is 0 Å². The molecule has 13 heteroatoms. The SMILES string of the molecule is O=C(CSc1nnc(CNC(=O)c2cccs2)n1-c1ccc(F)cc1)Nc1ccccc1C(F)(F)F. The molecule has 0 aliphatic carbocycles. The van der Waals surface area contributed by atoms with Gasteiger partial charge in [-0.3, -0.25) is 14.2 Å². The van der Waals surface area contributed by atoms with Crippen LogP contribution in [0.4, 0.5) is 23.2 Å². The van der Waals surface area contributed by atoms with Crippen LogP contribution in [0.2, 0.25) is 0 Å². The number of amides is 2. The van der Waals surface area contributed by atoms with Crippen molar-refractivity contribution in [2.75, 3.05) is 11.1 Å². The van der Waals surface area contributed by atoms with Gasteiger partial charge in [-0.15, -0.1) is 21.5 Å². The zero-order valence-electron chi connectivity index (χ0n) is 18.3. The van der Waals surface area contributed by atoms with Crippen LogP contribution in [0.3, 0.4) is 0 Å². The van der Waals surface area contributed by atoms with E-state index in [4.69, 9.17) is 0 Å². The molecule has 0 aliphatic rings. The third-order valence-electron chi connectivity index (χ3n) is 4.78. The largest absolute Gasteiger partial charge is 0.418 e. The van der Waals surface area contributed by atoms with Gasteiger partial charge >= 0.3 is 6.18 Å². The molecule has 2 N–H and O–H groups in total. The molecule has 2 aromatic carbocycles. The summed E-state index contributed by atoms with van der Waals surface area (Å²) in [6.07, 6.45) is -4.62. The molecule has 0 spiro atoms. The number of nitrogens with zero attached hydrogens (tertiary/aromatic N) is 3. The van der Waals surface area contributed by atoms with E-state index >= 15 is 0 Å². The number of hydrogen-bond acceptors (Lipinski definition) is 6. The second kappa shape index (κ2) is 10.9. The molecule has 186 valence electrons. The van der Waals surface area contributed by atoms with Gasteiger partial charge in [-0.2, -0.15) is 13.2 Å². The lowest BCUT2D eigenvalue weighted by molar-refractivity contribution is -0.137. The summed E-state index contributed by atoms with van der Waals surface area (Å²) < 4.78 is 54.6. The molecule has 0 saturated carbocycles. The second-order valence-corrected chi connectivity index (χ2v) is 9.14. The maximum Gasteiger partial charge on any atom is 0.418 e. The van der Waals surface area contributed by atoms with Crippen molar-refractivity contribution in [1.29, 1.82) is 0 Å². The summed E-state index contributed by atoms with van der Waals surface area (Å²) in [4.78, 5) is 25.3. The van der Waals surface area contributed by atoms with E-state index in [-0.39, 0.29) is 29.0 Å². The third-order valence-corrected chi connectivity index (χ3v) is 6.57. The van der Waals surface area contributed by atoms with Gasteiger partial charge in [0, 0.05) is 5.69 Å². The van der Waals surface area contributed by atoms with Crippen molar-refractivity contribution >= 4 is 40.6 Å². The number of halogens is 4. The van der Waals surface area contributed by atoms with Crippen LogP contribution < -0.4 is 10.6 Å². The number of hydrogen-bond donors (Lipinski definition) is 2. The molecule has 2 amide bonds. The van der Waals surface area contributed by atoms with Gasteiger partial charge in [-0.1, -0.05) is 30.0 Å². The van der Waals surface area contributed by atoms with Gasteiger partial charge in [0.2, 0.25) is 5.91 Å². The highest BCUT2D eigenvalue weighted by molar-refractivity contribution is 7.99. The van der Waals surface area contributed by atoms with Gasteiger partial charge < -0.3 is 10.6 Å². The van der Waals surface area contributed by atoms with Gasteiger partial charge in [-0.05, 0) is 47.8 Å².